The topological polar surface area (TPSA) is 96.4 Å². The monoisotopic (exact) mass is 328 g/mol. The minimum atomic E-state index is -0.688. The number of hydrogen-bond acceptors (Lipinski definition) is 6. The van der Waals surface area contributed by atoms with Crippen LogP contribution < -0.4 is 10.6 Å². The van der Waals surface area contributed by atoms with Crippen LogP contribution in [0.3, 0.4) is 0 Å². The molecule has 0 unspecified atom stereocenters. The third-order valence-corrected chi connectivity index (χ3v) is 3.96. The molecule has 2 aromatic heterocycles. The Morgan fingerprint density at radius 3 is 2.83 bits per heavy atom. The quantitative estimate of drug-likeness (QED) is 0.697. The summed E-state index contributed by atoms with van der Waals surface area (Å²) in [4.78, 5) is 20.1. The van der Waals surface area contributed by atoms with Gasteiger partial charge in [-0.1, -0.05) is 6.07 Å². The Bertz CT molecular complexity index is 653. The number of ether oxygens (including phenoxy) is 1. The molecule has 3 heterocycles. The smallest absolute Gasteiger partial charge is 0.251 e. The number of carbonyl (C=O) groups excluding carboxylic acids is 1. The molecule has 3 N–H and O–H groups in total. The number of aromatic nitrogens is 2. The lowest BCUT2D eigenvalue weighted by atomic mass is 10.1. The standard InChI is InChI=1S/C17H20N4O3/c22-16-14(20-9-13-3-1-2-6-19-13)11-24-15(16)10-21-17(23)12-4-7-18-8-5-12/h1-8,14-16,20,22H,9-11H2,(H,21,23)/t14-,15-,16+/m1/s1. The van der Waals surface area contributed by atoms with Crippen LogP contribution in [-0.4, -0.2) is 52.4 Å². The van der Waals surface area contributed by atoms with Crippen LogP contribution in [0.25, 0.3) is 0 Å². The van der Waals surface area contributed by atoms with Gasteiger partial charge in [-0.05, 0) is 24.3 Å². The van der Waals surface area contributed by atoms with Gasteiger partial charge in [-0.25, -0.2) is 0 Å². The number of rotatable bonds is 6. The zero-order chi connectivity index (χ0) is 16.8. The van der Waals surface area contributed by atoms with Gasteiger partial charge < -0.3 is 20.5 Å². The van der Waals surface area contributed by atoms with Crippen molar-refractivity contribution in [2.45, 2.75) is 24.8 Å². The highest BCUT2D eigenvalue weighted by Crippen LogP contribution is 2.14. The molecule has 2 aromatic rings. The summed E-state index contributed by atoms with van der Waals surface area (Å²) in [5.74, 6) is -0.210. The summed E-state index contributed by atoms with van der Waals surface area (Å²) in [6, 6.07) is 8.79. The Labute approximate surface area is 140 Å². The Balaban J connectivity index is 1.46. The van der Waals surface area contributed by atoms with Crippen LogP contribution in [-0.2, 0) is 11.3 Å². The van der Waals surface area contributed by atoms with E-state index in [0.717, 1.165) is 5.69 Å². The van der Waals surface area contributed by atoms with Crippen molar-refractivity contribution in [2.24, 2.45) is 0 Å². The Kier molecular flexibility index (Phi) is 5.47. The molecule has 0 spiro atoms. The molecule has 0 radical (unpaired) electrons. The maximum atomic E-state index is 12.0. The number of aliphatic hydroxyl groups excluding tert-OH is 1. The normalized spacial score (nSPS) is 23.1. The van der Waals surface area contributed by atoms with Crippen molar-refractivity contribution in [2.75, 3.05) is 13.2 Å². The highest BCUT2D eigenvalue weighted by Gasteiger charge is 2.35. The third kappa shape index (κ3) is 4.14. The zero-order valence-corrected chi connectivity index (χ0v) is 13.1. The highest BCUT2D eigenvalue weighted by atomic mass is 16.5. The molecule has 24 heavy (non-hydrogen) atoms. The van der Waals surface area contributed by atoms with Gasteiger partial charge in [0.25, 0.3) is 5.91 Å². The van der Waals surface area contributed by atoms with Gasteiger partial charge in [-0.3, -0.25) is 14.8 Å². The van der Waals surface area contributed by atoms with Crippen LogP contribution in [0.5, 0.6) is 0 Å². The predicted octanol–water partition coefficient (Wildman–Crippen LogP) is 0.125. The molecule has 1 aliphatic rings. The molecular weight excluding hydrogens is 308 g/mol. The van der Waals surface area contributed by atoms with Crippen molar-refractivity contribution in [3.8, 4) is 0 Å². The molecule has 0 aliphatic carbocycles. The number of pyridine rings is 2. The second-order valence-electron chi connectivity index (χ2n) is 5.62. The third-order valence-electron chi connectivity index (χ3n) is 3.96. The van der Waals surface area contributed by atoms with Crippen molar-refractivity contribution in [1.29, 1.82) is 0 Å². The van der Waals surface area contributed by atoms with Gasteiger partial charge in [0.1, 0.15) is 6.10 Å². The molecule has 1 amide bonds. The first-order valence-corrected chi connectivity index (χ1v) is 7.85. The average molecular weight is 328 g/mol. The fourth-order valence-electron chi connectivity index (χ4n) is 2.58. The van der Waals surface area contributed by atoms with Crippen molar-refractivity contribution < 1.29 is 14.6 Å². The average Bonchev–Trinajstić information content (AvgIpc) is 2.99. The Hall–Kier alpha value is -2.35. The predicted molar refractivity (Wildman–Crippen MR) is 87.2 cm³/mol. The number of hydrogen-bond donors (Lipinski definition) is 3. The fraction of sp³-hybridized carbons (Fsp3) is 0.353. The lowest BCUT2D eigenvalue weighted by Gasteiger charge is -2.18. The molecule has 1 saturated heterocycles. The van der Waals surface area contributed by atoms with Gasteiger partial charge >= 0.3 is 0 Å². The molecule has 0 bridgehead atoms. The maximum Gasteiger partial charge on any atom is 0.251 e. The van der Waals surface area contributed by atoms with Gasteiger partial charge in [-0.15, -0.1) is 0 Å². The number of amides is 1. The molecule has 126 valence electrons. The molecule has 1 aliphatic heterocycles. The summed E-state index contributed by atoms with van der Waals surface area (Å²) in [7, 11) is 0. The van der Waals surface area contributed by atoms with Gasteiger partial charge in [0, 0.05) is 37.2 Å². The van der Waals surface area contributed by atoms with E-state index in [1.54, 1.807) is 30.7 Å². The van der Waals surface area contributed by atoms with E-state index in [2.05, 4.69) is 20.6 Å². The van der Waals surface area contributed by atoms with Gasteiger partial charge in [0.2, 0.25) is 0 Å². The van der Waals surface area contributed by atoms with Gasteiger partial charge in [0.05, 0.1) is 24.4 Å². The molecule has 7 heteroatoms. The number of aliphatic hydroxyl groups is 1. The van der Waals surface area contributed by atoms with E-state index in [1.165, 1.54) is 0 Å². The van der Waals surface area contributed by atoms with E-state index in [-0.39, 0.29) is 18.5 Å². The molecule has 0 aromatic carbocycles. The molecule has 0 saturated carbocycles. The van der Waals surface area contributed by atoms with Crippen LogP contribution >= 0.6 is 0 Å². The largest absolute Gasteiger partial charge is 0.389 e. The van der Waals surface area contributed by atoms with E-state index in [4.69, 9.17) is 4.74 Å². The van der Waals surface area contributed by atoms with Crippen LogP contribution in [0.2, 0.25) is 0 Å². The summed E-state index contributed by atoms with van der Waals surface area (Å²) in [6.07, 6.45) is 3.74. The first kappa shape index (κ1) is 16.5. The zero-order valence-electron chi connectivity index (χ0n) is 13.1. The number of carbonyl (C=O) groups is 1. The highest BCUT2D eigenvalue weighted by molar-refractivity contribution is 5.93. The second-order valence-corrected chi connectivity index (χ2v) is 5.62. The summed E-state index contributed by atoms with van der Waals surface area (Å²) in [6.45, 7) is 1.20. The molecule has 7 nitrogen and oxygen atoms in total. The van der Waals surface area contributed by atoms with Crippen LogP contribution in [0.4, 0.5) is 0 Å². The van der Waals surface area contributed by atoms with Crippen molar-refractivity contribution in [1.82, 2.24) is 20.6 Å². The molecule has 1 fully saturated rings. The maximum absolute atomic E-state index is 12.0. The van der Waals surface area contributed by atoms with Crippen molar-refractivity contribution in [3.63, 3.8) is 0 Å². The summed E-state index contributed by atoms with van der Waals surface area (Å²) < 4.78 is 5.59. The molecule has 3 atom stereocenters. The summed E-state index contributed by atoms with van der Waals surface area (Å²) >= 11 is 0. The summed E-state index contributed by atoms with van der Waals surface area (Å²) in [5, 5.41) is 16.4. The SMILES string of the molecule is O=C(NC[C@H]1OC[C@@H](NCc2ccccn2)[C@@H]1O)c1ccncc1. The van der Waals surface area contributed by atoms with Gasteiger partial charge in [0.15, 0.2) is 0 Å². The second kappa shape index (κ2) is 7.96. The first-order valence-electron chi connectivity index (χ1n) is 7.85. The summed E-state index contributed by atoms with van der Waals surface area (Å²) in [5.41, 5.74) is 1.43. The van der Waals surface area contributed by atoms with E-state index < -0.39 is 12.2 Å². The van der Waals surface area contributed by atoms with Gasteiger partial charge in [-0.2, -0.15) is 0 Å². The Morgan fingerprint density at radius 1 is 1.25 bits per heavy atom. The minimum Gasteiger partial charge on any atom is -0.389 e. The first-order chi connectivity index (χ1) is 11.7. The lowest BCUT2D eigenvalue weighted by molar-refractivity contribution is 0.0398. The fourth-order valence-corrected chi connectivity index (χ4v) is 2.58. The molecular formula is C17H20N4O3. The van der Waals surface area contributed by atoms with E-state index in [0.29, 0.717) is 18.7 Å². The van der Waals surface area contributed by atoms with Crippen molar-refractivity contribution >= 4 is 5.91 Å². The minimum absolute atomic E-state index is 0.185. The van der Waals surface area contributed by atoms with Crippen LogP contribution in [0.15, 0.2) is 48.9 Å². The van der Waals surface area contributed by atoms with E-state index in [1.807, 2.05) is 18.2 Å². The van der Waals surface area contributed by atoms with E-state index >= 15 is 0 Å². The van der Waals surface area contributed by atoms with Crippen molar-refractivity contribution in [3.05, 3.63) is 60.2 Å². The van der Waals surface area contributed by atoms with Crippen LogP contribution in [0.1, 0.15) is 16.1 Å². The van der Waals surface area contributed by atoms with Crippen LogP contribution in [0, 0.1) is 0 Å². The number of nitrogens with one attached hydrogen (secondary N) is 2. The molecule has 3 rings (SSSR count). The van der Waals surface area contributed by atoms with E-state index in [9.17, 15) is 9.90 Å². The Morgan fingerprint density at radius 2 is 2.08 bits per heavy atom. The number of nitrogens with zero attached hydrogens (tertiary/aromatic N) is 2. The lowest BCUT2D eigenvalue weighted by Crippen LogP contribution is -2.44.